The lowest BCUT2D eigenvalue weighted by Crippen LogP contribution is -2.35. The minimum atomic E-state index is -0.678. The van der Waals surface area contributed by atoms with Gasteiger partial charge in [0.2, 0.25) is 0 Å². The number of piperidine rings is 1. The normalized spacial score (nSPS) is 17.1. The number of ether oxygens (including phenoxy) is 3. The minimum Gasteiger partial charge on any atom is -0.493 e. The zero-order chi connectivity index (χ0) is 18.2. The summed E-state index contributed by atoms with van der Waals surface area (Å²) < 4.78 is 16.0. The molecule has 0 aliphatic carbocycles. The summed E-state index contributed by atoms with van der Waals surface area (Å²) in [6.45, 7) is 6.15. The number of benzene rings is 1. The first kappa shape index (κ1) is 19.5. The molecular formula is C19H30N2O4. The van der Waals surface area contributed by atoms with Crippen LogP contribution in [0.25, 0.3) is 0 Å². The monoisotopic (exact) mass is 350 g/mol. The number of nitrogens with zero attached hydrogens (tertiary/aromatic N) is 1. The zero-order valence-corrected chi connectivity index (χ0v) is 15.5. The molecule has 0 spiro atoms. The Kier molecular flexibility index (Phi) is 7.52. The van der Waals surface area contributed by atoms with Crippen molar-refractivity contribution in [3.05, 3.63) is 23.8 Å². The van der Waals surface area contributed by atoms with Crippen LogP contribution < -0.4 is 15.2 Å². The highest BCUT2D eigenvalue weighted by Crippen LogP contribution is 2.28. The predicted molar refractivity (Wildman–Crippen MR) is 97.0 cm³/mol. The topological polar surface area (TPSA) is 74.0 Å². The smallest absolute Gasteiger partial charge is 0.322 e. The molecule has 1 aliphatic rings. The van der Waals surface area contributed by atoms with Crippen LogP contribution in [0.5, 0.6) is 11.5 Å². The van der Waals surface area contributed by atoms with E-state index in [1.54, 1.807) is 7.11 Å². The second-order valence-corrected chi connectivity index (χ2v) is 6.69. The number of carbonyl (C=O) groups is 1. The average molecular weight is 350 g/mol. The van der Waals surface area contributed by atoms with E-state index in [0.29, 0.717) is 24.5 Å². The van der Waals surface area contributed by atoms with Crippen LogP contribution in [0.15, 0.2) is 18.2 Å². The summed E-state index contributed by atoms with van der Waals surface area (Å²) in [7, 11) is 2.95. The maximum Gasteiger partial charge on any atom is 0.322 e. The molecule has 6 heteroatoms. The lowest BCUT2D eigenvalue weighted by molar-refractivity contribution is -0.142. The third-order valence-corrected chi connectivity index (χ3v) is 4.73. The van der Waals surface area contributed by atoms with Gasteiger partial charge in [0.1, 0.15) is 12.6 Å². The average Bonchev–Trinajstić information content (AvgIpc) is 2.63. The first-order chi connectivity index (χ1) is 12.0. The van der Waals surface area contributed by atoms with Crippen molar-refractivity contribution in [2.75, 3.05) is 40.5 Å². The Morgan fingerprint density at radius 2 is 2.00 bits per heavy atom. The van der Waals surface area contributed by atoms with Gasteiger partial charge in [0.05, 0.1) is 14.2 Å². The fraction of sp³-hybridized carbons (Fsp3) is 0.632. The molecular weight excluding hydrogens is 320 g/mol. The molecule has 2 rings (SSSR count). The van der Waals surface area contributed by atoms with Gasteiger partial charge in [-0.3, -0.25) is 9.69 Å². The van der Waals surface area contributed by atoms with E-state index in [1.165, 1.54) is 20.0 Å². The molecule has 1 atom stereocenters. The number of likely N-dealkylation sites (tertiary alicyclic amines) is 1. The van der Waals surface area contributed by atoms with Crippen molar-refractivity contribution in [1.82, 2.24) is 4.90 Å². The third kappa shape index (κ3) is 5.90. The van der Waals surface area contributed by atoms with Crippen molar-refractivity contribution in [2.45, 2.75) is 32.2 Å². The summed E-state index contributed by atoms with van der Waals surface area (Å²) >= 11 is 0. The number of methoxy groups -OCH3 is 2. The van der Waals surface area contributed by atoms with Gasteiger partial charge in [-0.2, -0.15) is 0 Å². The van der Waals surface area contributed by atoms with Gasteiger partial charge in [0, 0.05) is 6.54 Å². The highest BCUT2D eigenvalue weighted by molar-refractivity contribution is 5.75. The molecule has 1 aromatic carbocycles. The first-order valence-corrected chi connectivity index (χ1v) is 8.89. The molecule has 2 N–H and O–H groups in total. The molecule has 1 heterocycles. The van der Waals surface area contributed by atoms with Crippen LogP contribution in [0.4, 0.5) is 0 Å². The SMILES string of the molecule is COC(=O)C(N)Cc1ccc(OCCN2CCC(C)CC2)c(OC)c1. The van der Waals surface area contributed by atoms with Crippen molar-refractivity contribution >= 4 is 5.97 Å². The molecule has 0 radical (unpaired) electrons. The molecule has 140 valence electrons. The second kappa shape index (κ2) is 9.63. The quantitative estimate of drug-likeness (QED) is 0.721. The van der Waals surface area contributed by atoms with E-state index in [9.17, 15) is 4.79 Å². The molecule has 6 nitrogen and oxygen atoms in total. The highest BCUT2D eigenvalue weighted by atomic mass is 16.5. The molecule has 0 amide bonds. The predicted octanol–water partition coefficient (Wildman–Crippen LogP) is 1.85. The number of hydrogen-bond acceptors (Lipinski definition) is 6. The summed E-state index contributed by atoms with van der Waals surface area (Å²) in [5, 5.41) is 0. The first-order valence-electron chi connectivity index (χ1n) is 8.89. The van der Waals surface area contributed by atoms with E-state index >= 15 is 0 Å². The number of hydrogen-bond donors (Lipinski definition) is 1. The lowest BCUT2D eigenvalue weighted by Gasteiger charge is -2.30. The van der Waals surface area contributed by atoms with Gasteiger partial charge < -0.3 is 19.9 Å². The van der Waals surface area contributed by atoms with Crippen LogP contribution in [-0.2, 0) is 16.0 Å². The lowest BCUT2D eigenvalue weighted by atomic mass is 9.99. The van der Waals surface area contributed by atoms with E-state index in [0.717, 1.165) is 31.1 Å². The molecule has 0 bridgehead atoms. The Bertz CT molecular complexity index is 556. The molecule has 0 saturated carbocycles. The van der Waals surface area contributed by atoms with Crippen molar-refractivity contribution in [3.8, 4) is 11.5 Å². The van der Waals surface area contributed by atoms with Crippen molar-refractivity contribution in [1.29, 1.82) is 0 Å². The van der Waals surface area contributed by atoms with Crippen molar-refractivity contribution in [3.63, 3.8) is 0 Å². The zero-order valence-electron chi connectivity index (χ0n) is 15.5. The molecule has 1 aliphatic heterocycles. The third-order valence-electron chi connectivity index (χ3n) is 4.73. The Hall–Kier alpha value is -1.79. The van der Waals surface area contributed by atoms with Gasteiger partial charge in [-0.25, -0.2) is 0 Å². The molecule has 0 aromatic heterocycles. The van der Waals surface area contributed by atoms with Gasteiger partial charge in [0.25, 0.3) is 0 Å². The second-order valence-electron chi connectivity index (χ2n) is 6.69. The van der Waals surface area contributed by atoms with Gasteiger partial charge in [-0.15, -0.1) is 0 Å². The van der Waals surface area contributed by atoms with Crippen LogP contribution in [0.2, 0.25) is 0 Å². The van der Waals surface area contributed by atoms with Crippen LogP contribution in [0.3, 0.4) is 0 Å². The molecule has 1 aromatic rings. The van der Waals surface area contributed by atoms with E-state index in [4.69, 9.17) is 15.2 Å². The number of carbonyl (C=O) groups excluding carboxylic acids is 1. The Labute approximate surface area is 150 Å². The highest BCUT2D eigenvalue weighted by Gasteiger charge is 2.17. The van der Waals surface area contributed by atoms with Gasteiger partial charge in [-0.05, 0) is 56.0 Å². The van der Waals surface area contributed by atoms with E-state index in [-0.39, 0.29) is 0 Å². The summed E-state index contributed by atoms with van der Waals surface area (Å²) in [5.41, 5.74) is 6.72. The van der Waals surface area contributed by atoms with E-state index in [2.05, 4.69) is 16.6 Å². The van der Waals surface area contributed by atoms with Crippen LogP contribution in [-0.4, -0.2) is 57.4 Å². The molecule has 1 fully saturated rings. The Morgan fingerprint density at radius 1 is 1.28 bits per heavy atom. The summed E-state index contributed by atoms with van der Waals surface area (Å²) in [4.78, 5) is 13.9. The van der Waals surface area contributed by atoms with Gasteiger partial charge >= 0.3 is 5.97 Å². The fourth-order valence-corrected chi connectivity index (χ4v) is 3.02. The maximum absolute atomic E-state index is 11.4. The van der Waals surface area contributed by atoms with Crippen LogP contribution in [0, 0.1) is 5.92 Å². The van der Waals surface area contributed by atoms with Crippen LogP contribution in [0.1, 0.15) is 25.3 Å². The largest absolute Gasteiger partial charge is 0.493 e. The molecule has 25 heavy (non-hydrogen) atoms. The van der Waals surface area contributed by atoms with E-state index < -0.39 is 12.0 Å². The molecule has 1 saturated heterocycles. The summed E-state index contributed by atoms with van der Waals surface area (Å²) in [6, 6.07) is 4.96. The fourth-order valence-electron chi connectivity index (χ4n) is 3.02. The van der Waals surface area contributed by atoms with Crippen molar-refractivity contribution in [2.24, 2.45) is 11.7 Å². The number of rotatable bonds is 8. The Balaban J connectivity index is 1.87. The Morgan fingerprint density at radius 3 is 2.64 bits per heavy atom. The van der Waals surface area contributed by atoms with Gasteiger partial charge in [-0.1, -0.05) is 13.0 Å². The summed E-state index contributed by atoms with van der Waals surface area (Å²) in [6.07, 6.45) is 2.92. The number of esters is 1. The molecule has 1 unspecified atom stereocenters. The standard InChI is InChI=1S/C19H30N2O4/c1-14-6-8-21(9-7-14)10-11-25-17-5-4-15(13-18(17)23-2)12-16(20)19(22)24-3/h4-5,13-14,16H,6-12,20H2,1-3H3. The van der Waals surface area contributed by atoms with Crippen molar-refractivity contribution < 1.29 is 19.0 Å². The summed E-state index contributed by atoms with van der Waals surface area (Å²) in [5.74, 6) is 1.78. The van der Waals surface area contributed by atoms with Gasteiger partial charge in [0.15, 0.2) is 11.5 Å². The number of nitrogens with two attached hydrogens (primary N) is 1. The maximum atomic E-state index is 11.4. The minimum absolute atomic E-state index is 0.398. The van der Waals surface area contributed by atoms with E-state index in [1.807, 2.05) is 18.2 Å². The van der Waals surface area contributed by atoms with Crippen LogP contribution >= 0.6 is 0 Å².